The Morgan fingerprint density at radius 2 is 1.53 bits per heavy atom. The average Bonchev–Trinajstić information content (AvgIpc) is 2.17. The van der Waals surface area contributed by atoms with Crippen molar-refractivity contribution >= 4 is 11.8 Å². The molecule has 0 aromatic carbocycles. The normalized spacial score (nSPS) is 9.53. The molecule has 0 N–H and O–H groups in total. The maximum atomic E-state index is 11.6. The largest absolute Gasteiger partial charge is 0.361 e. The number of hydrogen-bond acceptors (Lipinski definition) is 3. The number of amides is 2. The van der Waals surface area contributed by atoms with Crippen molar-refractivity contribution in [3.05, 3.63) is 24.3 Å². The number of ether oxygens (including phenoxy) is 1. The van der Waals surface area contributed by atoms with Crippen molar-refractivity contribution in [1.82, 2.24) is 4.90 Å². The molecule has 0 aromatic rings. The maximum absolute atomic E-state index is 11.6. The van der Waals surface area contributed by atoms with E-state index in [-0.39, 0.29) is 6.73 Å². The van der Waals surface area contributed by atoms with E-state index in [9.17, 15) is 9.59 Å². The second-order valence-electron chi connectivity index (χ2n) is 3.22. The van der Waals surface area contributed by atoms with Crippen LogP contribution in [0.3, 0.4) is 0 Å². The molecule has 0 atom stereocenters. The first-order chi connectivity index (χ1) is 6.91. The van der Waals surface area contributed by atoms with E-state index in [1.807, 2.05) is 0 Å². The van der Waals surface area contributed by atoms with E-state index in [1.54, 1.807) is 20.8 Å². The van der Waals surface area contributed by atoms with Gasteiger partial charge in [0.05, 0.1) is 0 Å². The Hall–Kier alpha value is -1.42. The number of nitrogens with zero attached hydrogens (tertiary/aromatic N) is 1. The first-order valence-electron chi connectivity index (χ1n) is 4.66. The van der Waals surface area contributed by atoms with Crippen molar-refractivity contribution in [3.63, 3.8) is 0 Å². The monoisotopic (exact) mass is 211 g/mol. The first-order valence-corrected chi connectivity index (χ1v) is 4.66. The van der Waals surface area contributed by atoms with Gasteiger partial charge < -0.3 is 4.74 Å². The zero-order valence-corrected chi connectivity index (χ0v) is 9.50. The summed E-state index contributed by atoms with van der Waals surface area (Å²) in [6.07, 6.45) is 0. The minimum Gasteiger partial charge on any atom is -0.361 e. The number of carbonyl (C=O) groups is 2. The molecule has 84 valence electrons. The molecule has 0 saturated heterocycles. The van der Waals surface area contributed by atoms with Gasteiger partial charge in [-0.05, 0) is 20.8 Å². The molecule has 0 radical (unpaired) electrons. The highest BCUT2D eigenvalue weighted by Crippen LogP contribution is 2.04. The molecule has 0 fully saturated rings. The lowest BCUT2D eigenvalue weighted by Crippen LogP contribution is -2.39. The predicted molar refractivity (Wildman–Crippen MR) is 58.0 cm³/mol. The molecule has 0 aromatic heterocycles. The van der Waals surface area contributed by atoms with Gasteiger partial charge in [-0.1, -0.05) is 13.2 Å². The van der Waals surface area contributed by atoms with Crippen molar-refractivity contribution in [1.29, 1.82) is 0 Å². The van der Waals surface area contributed by atoms with Gasteiger partial charge in [0.2, 0.25) is 0 Å². The predicted octanol–water partition coefficient (Wildman–Crippen LogP) is 1.49. The molecule has 0 aliphatic carbocycles. The standard InChI is InChI=1S/C11H17NO3/c1-6-15-7-12(10(13)8(2)3)11(14)9(4)5/h2,4,6-7H2,1,3,5H3. The van der Waals surface area contributed by atoms with Gasteiger partial charge in [0.15, 0.2) is 0 Å². The van der Waals surface area contributed by atoms with Crippen molar-refractivity contribution in [2.24, 2.45) is 0 Å². The summed E-state index contributed by atoms with van der Waals surface area (Å²) in [5.41, 5.74) is 0.591. The first kappa shape index (κ1) is 13.6. The van der Waals surface area contributed by atoms with E-state index in [1.165, 1.54) is 0 Å². The van der Waals surface area contributed by atoms with E-state index in [4.69, 9.17) is 4.74 Å². The van der Waals surface area contributed by atoms with Crippen LogP contribution in [0, 0.1) is 0 Å². The lowest BCUT2D eigenvalue weighted by atomic mass is 10.2. The Balaban J connectivity index is 4.72. The summed E-state index contributed by atoms with van der Waals surface area (Å²) in [6.45, 7) is 12.3. The number of imide groups is 1. The molecule has 4 heteroatoms. The second-order valence-corrected chi connectivity index (χ2v) is 3.22. The van der Waals surface area contributed by atoms with Crippen molar-refractivity contribution < 1.29 is 14.3 Å². The molecule has 0 saturated carbocycles. The summed E-state index contributed by atoms with van der Waals surface area (Å²) in [6, 6.07) is 0. The Morgan fingerprint density at radius 3 is 1.80 bits per heavy atom. The molecule has 0 unspecified atom stereocenters. The van der Waals surface area contributed by atoms with Gasteiger partial charge in [0.1, 0.15) is 6.73 Å². The second kappa shape index (κ2) is 6.14. The smallest absolute Gasteiger partial charge is 0.257 e. The van der Waals surface area contributed by atoms with Crippen LogP contribution in [0.5, 0.6) is 0 Å². The van der Waals surface area contributed by atoms with E-state index < -0.39 is 11.8 Å². The van der Waals surface area contributed by atoms with Crippen LogP contribution in [-0.2, 0) is 14.3 Å². The third-order valence-corrected chi connectivity index (χ3v) is 1.64. The summed E-state index contributed by atoms with van der Waals surface area (Å²) in [4.78, 5) is 24.2. The van der Waals surface area contributed by atoms with Crippen LogP contribution >= 0.6 is 0 Å². The van der Waals surface area contributed by atoms with Gasteiger partial charge in [-0.3, -0.25) is 14.5 Å². The summed E-state index contributed by atoms with van der Waals surface area (Å²) < 4.78 is 5.04. The Kier molecular flexibility index (Phi) is 5.56. The van der Waals surface area contributed by atoms with Crippen LogP contribution in [0.15, 0.2) is 24.3 Å². The quantitative estimate of drug-likeness (QED) is 0.511. The molecule has 0 heterocycles. The third-order valence-electron chi connectivity index (χ3n) is 1.64. The molecule has 0 aliphatic rings. The van der Waals surface area contributed by atoms with E-state index in [0.717, 1.165) is 4.90 Å². The van der Waals surface area contributed by atoms with E-state index in [2.05, 4.69) is 13.2 Å². The Bertz CT molecular complexity index is 268. The van der Waals surface area contributed by atoms with Crippen molar-refractivity contribution in [2.45, 2.75) is 20.8 Å². The lowest BCUT2D eigenvalue weighted by molar-refractivity contribution is -0.146. The highest BCUT2D eigenvalue weighted by atomic mass is 16.5. The Morgan fingerprint density at radius 1 is 1.13 bits per heavy atom. The van der Waals surface area contributed by atoms with Crippen LogP contribution in [-0.4, -0.2) is 30.1 Å². The molecular formula is C11H17NO3. The van der Waals surface area contributed by atoms with Crippen LogP contribution < -0.4 is 0 Å². The SMILES string of the molecule is C=C(C)C(=O)N(COCC)C(=O)C(=C)C. The molecule has 2 amide bonds. The number of rotatable bonds is 5. The highest BCUT2D eigenvalue weighted by Gasteiger charge is 2.21. The molecule has 4 nitrogen and oxygen atoms in total. The molecule has 0 bridgehead atoms. The lowest BCUT2D eigenvalue weighted by Gasteiger charge is -2.20. The van der Waals surface area contributed by atoms with Crippen LogP contribution in [0.1, 0.15) is 20.8 Å². The van der Waals surface area contributed by atoms with Gasteiger partial charge in [0, 0.05) is 17.8 Å². The fraction of sp³-hybridized carbons (Fsp3) is 0.455. The molecule has 0 rings (SSSR count). The minimum atomic E-state index is -0.434. The van der Waals surface area contributed by atoms with Crippen molar-refractivity contribution in [2.75, 3.05) is 13.3 Å². The molecule has 15 heavy (non-hydrogen) atoms. The zero-order chi connectivity index (χ0) is 12.0. The van der Waals surface area contributed by atoms with Crippen LogP contribution in [0.2, 0.25) is 0 Å². The number of carbonyl (C=O) groups excluding carboxylic acids is 2. The summed E-state index contributed by atoms with van der Waals surface area (Å²) in [7, 11) is 0. The number of hydrogen-bond donors (Lipinski definition) is 0. The maximum Gasteiger partial charge on any atom is 0.257 e. The van der Waals surface area contributed by atoms with Gasteiger partial charge >= 0.3 is 0 Å². The molecule has 0 spiro atoms. The van der Waals surface area contributed by atoms with Crippen LogP contribution in [0.25, 0.3) is 0 Å². The van der Waals surface area contributed by atoms with Crippen LogP contribution in [0.4, 0.5) is 0 Å². The fourth-order valence-corrected chi connectivity index (χ4v) is 0.853. The summed E-state index contributed by atoms with van der Waals surface area (Å²) in [5, 5.41) is 0. The summed E-state index contributed by atoms with van der Waals surface area (Å²) in [5.74, 6) is -0.868. The van der Waals surface area contributed by atoms with Gasteiger partial charge in [0.25, 0.3) is 11.8 Å². The average molecular weight is 211 g/mol. The molecular weight excluding hydrogens is 194 g/mol. The third kappa shape index (κ3) is 4.08. The van der Waals surface area contributed by atoms with Gasteiger partial charge in [-0.15, -0.1) is 0 Å². The van der Waals surface area contributed by atoms with Gasteiger partial charge in [-0.2, -0.15) is 0 Å². The minimum absolute atomic E-state index is 0.0616. The topological polar surface area (TPSA) is 46.6 Å². The van der Waals surface area contributed by atoms with Gasteiger partial charge in [-0.25, -0.2) is 0 Å². The van der Waals surface area contributed by atoms with E-state index in [0.29, 0.717) is 17.8 Å². The van der Waals surface area contributed by atoms with E-state index >= 15 is 0 Å². The zero-order valence-electron chi connectivity index (χ0n) is 9.50. The highest BCUT2D eigenvalue weighted by molar-refractivity contribution is 6.08. The molecule has 0 aliphatic heterocycles. The Labute approximate surface area is 90.2 Å². The summed E-state index contributed by atoms with van der Waals surface area (Å²) >= 11 is 0. The van der Waals surface area contributed by atoms with Crippen molar-refractivity contribution in [3.8, 4) is 0 Å². The fourth-order valence-electron chi connectivity index (χ4n) is 0.853.